The molecule has 0 aromatic carbocycles. The van der Waals surface area contributed by atoms with Gasteiger partial charge in [-0.3, -0.25) is 4.79 Å². The first kappa shape index (κ1) is 71.1. The van der Waals surface area contributed by atoms with E-state index in [0.29, 0.717) is 12.8 Å². The number of aliphatic hydroxyl groups excluding tert-OH is 5. The van der Waals surface area contributed by atoms with Crippen LogP contribution in [0.25, 0.3) is 0 Å². The predicted molar refractivity (Wildman–Crippen MR) is 322 cm³/mol. The van der Waals surface area contributed by atoms with Gasteiger partial charge in [0.25, 0.3) is 0 Å². The Kier molecular flexibility index (Phi) is 51.9. The molecule has 9 heteroatoms. The average molecular weight is 1060 g/mol. The molecular formula is C67H117NO8. The van der Waals surface area contributed by atoms with E-state index in [1.54, 1.807) is 0 Å². The van der Waals surface area contributed by atoms with E-state index in [1.165, 1.54) is 135 Å². The Hall–Kier alpha value is -2.89. The van der Waals surface area contributed by atoms with Crippen LogP contribution < -0.4 is 5.32 Å². The van der Waals surface area contributed by atoms with E-state index in [1.807, 2.05) is 0 Å². The largest absolute Gasteiger partial charge is 0.394 e. The third-order valence-corrected chi connectivity index (χ3v) is 14.5. The molecule has 9 nitrogen and oxygen atoms in total. The molecule has 1 fully saturated rings. The number of allylic oxidation sites excluding steroid dienone is 16. The van der Waals surface area contributed by atoms with Crippen molar-refractivity contribution in [3.05, 3.63) is 97.2 Å². The van der Waals surface area contributed by atoms with Gasteiger partial charge in [0.15, 0.2) is 6.29 Å². The number of rotatable bonds is 53. The van der Waals surface area contributed by atoms with Crippen molar-refractivity contribution in [2.45, 2.75) is 307 Å². The minimum Gasteiger partial charge on any atom is -0.394 e. The minimum atomic E-state index is -1.57. The molecule has 0 aromatic rings. The smallest absolute Gasteiger partial charge is 0.220 e. The van der Waals surface area contributed by atoms with Gasteiger partial charge in [-0.05, 0) is 77.0 Å². The van der Waals surface area contributed by atoms with Crippen molar-refractivity contribution in [3.8, 4) is 0 Å². The number of aliphatic hydroxyl groups is 5. The summed E-state index contributed by atoms with van der Waals surface area (Å²) in [5.74, 6) is -0.170. The molecule has 1 amide bonds. The van der Waals surface area contributed by atoms with Gasteiger partial charge >= 0.3 is 0 Å². The van der Waals surface area contributed by atoms with Crippen molar-refractivity contribution < 1.29 is 39.8 Å². The Morgan fingerprint density at radius 2 is 0.816 bits per heavy atom. The monoisotopic (exact) mass is 1060 g/mol. The maximum Gasteiger partial charge on any atom is 0.220 e. The summed E-state index contributed by atoms with van der Waals surface area (Å²) < 4.78 is 11.3. The highest BCUT2D eigenvalue weighted by Gasteiger charge is 2.44. The molecule has 1 heterocycles. The summed E-state index contributed by atoms with van der Waals surface area (Å²) in [6.07, 6.45) is 72.9. The van der Waals surface area contributed by atoms with Crippen LogP contribution >= 0.6 is 0 Å². The topological polar surface area (TPSA) is 149 Å². The maximum absolute atomic E-state index is 13.1. The van der Waals surface area contributed by atoms with Gasteiger partial charge in [0.2, 0.25) is 5.91 Å². The molecule has 1 rings (SSSR count). The second-order valence-corrected chi connectivity index (χ2v) is 21.5. The number of hydrogen-bond donors (Lipinski definition) is 6. The zero-order valence-electron chi connectivity index (χ0n) is 48.7. The summed E-state index contributed by atoms with van der Waals surface area (Å²) in [6, 6.07) is -0.741. The van der Waals surface area contributed by atoms with Gasteiger partial charge in [-0.25, -0.2) is 0 Å². The first-order valence-electron chi connectivity index (χ1n) is 31.4. The lowest BCUT2D eigenvalue weighted by molar-refractivity contribution is -0.302. The molecule has 438 valence electrons. The van der Waals surface area contributed by atoms with Crippen molar-refractivity contribution in [1.82, 2.24) is 5.32 Å². The van der Waals surface area contributed by atoms with E-state index >= 15 is 0 Å². The Morgan fingerprint density at radius 3 is 1.21 bits per heavy atom. The lowest BCUT2D eigenvalue weighted by Crippen LogP contribution is -2.60. The second-order valence-electron chi connectivity index (χ2n) is 21.5. The fourth-order valence-electron chi connectivity index (χ4n) is 9.53. The summed E-state index contributed by atoms with van der Waals surface area (Å²) in [7, 11) is 0. The molecule has 1 aliphatic heterocycles. The van der Waals surface area contributed by atoms with E-state index in [0.717, 1.165) is 103 Å². The van der Waals surface area contributed by atoms with Crippen molar-refractivity contribution in [2.75, 3.05) is 13.2 Å². The summed E-state index contributed by atoms with van der Waals surface area (Å²) in [4.78, 5) is 13.1. The molecule has 7 atom stereocenters. The van der Waals surface area contributed by atoms with Gasteiger partial charge in [-0.1, -0.05) is 278 Å². The molecular weight excluding hydrogens is 947 g/mol. The van der Waals surface area contributed by atoms with Crippen molar-refractivity contribution >= 4 is 5.91 Å². The molecule has 6 N–H and O–H groups in total. The first-order chi connectivity index (χ1) is 37.3. The highest BCUT2D eigenvalue weighted by Crippen LogP contribution is 2.23. The van der Waals surface area contributed by atoms with Crippen molar-refractivity contribution in [2.24, 2.45) is 0 Å². The summed E-state index contributed by atoms with van der Waals surface area (Å²) in [6.45, 7) is 3.73. The molecule has 76 heavy (non-hydrogen) atoms. The van der Waals surface area contributed by atoms with Crippen LogP contribution in [0.3, 0.4) is 0 Å². The molecule has 0 spiro atoms. The van der Waals surface area contributed by atoms with Crippen LogP contribution in [-0.4, -0.2) is 87.5 Å². The molecule has 0 aromatic heterocycles. The standard InChI is InChI=1S/C67H117NO8/c1-3-5-7-9-11-13-15-17-19-21-23-25-27-29-30-31-32-33-35-37-39-41-43-45-47-49-51-53-55-57-63(71)68-60(59-75-67-66(74)65(73)64(72)62(58-69)76-67)61(70)56-54-52-50-48-46-44-42-40-38-36-34-28-26-24-22-20-18-16-14-12-10-8-6-4-2/h5,7,11,13,17,19,23,25,29-30,32-33,37,39,43,45,60-62,64-67,69-70,72-74H,3-4,6,8-10,12,14-16,18,20-22,24,26-28,31,34-36,38,40-42,44,46-59H2,1-2H3,(H,68,71)/b7-5-,13-11-,19-17-,25-23-,30-29-,33-32-,39-37-,45-43-. The number of hydrogen-bond acceptors (Lipinski definition) is 8. The van der Waals surface area contributed by atoms with Crippen molar-refractivity contribution in [3.63, 3.8) is 0 Å². The van der Waals surface area contributed by atoms with Crippen LogP contribution in [0.15, 0.2) is 97.2 Å². The molecule has 1 aliphatic rings. The second kappa shape index (κ2) is 55.4. The lowest BCUT2D eigenvalue weighted by atomic mass is 9.99. The minimum absolute atomic E-state index is 0.154. The fraction of sp³-hybridized carbons (Fsp3) is 0.746. The number of carbonyl (C=O) groups excluding carboxylic acids is 1. The van der Waals surface area contributed by atoms with E-state index in [9.17, 15) is 30.3 Å². The van der Waals surface area contributed by atoms with Gasteiger partial charge in [-0.15, -0.1) is 0 Å². The normalized spacial score (nSPS) is 19.5. The van der Waals surface area contributed by atoms with Gasteiger partial charge < -0.3 is 40.3 Å². The quantitative estimate of drug-likeness (QED) is 0.0261. The van der Waals surface area contributed by atoms with Crippen LogP contribution in [0.2, 0.25) is 0 Å². The van der Waals surface area contributed by atoms with Crippen LogP contribution in [0.5, 0.6) is 0 Å². The Balaban J connectivity index is 2.22. The zero-order chi connectivity index (χ0) is 55.0. The zero-order valence-corrected chi connectivity index (χ0v) is 48.7. The SMILES string of the molecule is CC/C=C\C/C=C\C/C=C\C/C=C\C/C=C\C/C=C\C/C=C\C/C=C\CCCCCCC(=O)NC(COC1OC(CO)C(O)C(O)C1O)C(O)CCCCCCCCCCCCCCCCCCCCCCCCCC. The predicted octanol–water partition coefficient (Wildman–Crippen LogP) is 16.4. The van der Waals surface area contributed by atoms with Gasteiger partial charge in [0.1, 0.15) is 24.4 Å². The summed E-state index contributed by atoms with van der Waals surface area (Å²) in [5, 5.41) is 54.8. The number of ether oxygens (including phenoxy) is 2. The number of carbonyl (C=O) groups is 1. The maximum atomic E-state index is 13.1. The first-order valence-corrected chi connectivity index (χ1v) is 31.4. The van der Waals surface area contributed by atoms with Crippen LogP contribution in [-0.2, 0) is 14.3 Å². The molecule has 0 bridgehead atoms. The van der Waals surface area contributed by atoms with E-state index < -0.39 is 49.5 Å². The van der Waals surface area contributed by atoms with Gasteiger partial charge in [0, 0.05) is 6.42 Å². The van der Waals surface area contributed by atoms with Crippen LogP contribution in [0, 0.1) is 0 Å². The highest BCUT2D eigenvalue weighted by molar-refractivity contribution is 5.76. The Labute approximate surface area is 466 Å². The Bertz CT molecular complexity index is 1510. The number of unbranched alkanes of at least 4 members (excludes halogenated alkanes) is 27. The average Bonchev–Trinajstić information content (AvgIpc) is 3.42. The van der Waals surface area contributed by atoms with E-state index in [-0.39, 0.29) is 12.5 Å². The molecule has 1 saturated heterocycles. The Morgan fingerprint density at radius 1 is 0.461 bits per heavy atom. The lowest BCUT2D eigenvalue weighted by Gasteiger charge is -2.40. The number of nitrogens with one attached hydrogen (secondary N) is 1. The number of amides is 1. The van der Waals surface area contributed by atoms with Crippen molar-refractivity contribution in [1.29, 1.82) is 0 Å². The van der Waals surface area contributed by atoms with Gasteiger partial charge in [0.05, 0.1) is 25.4 Å². The van der Waals surface area contributed by atoms with Gasteiger partial charge in [-0.2, -0.15) is 0 Å². The molecule has 0 saturated carbocycles. The van der Waals surface area contributed by atoms with E-state index in [2.05, 4.69) is 116 Å². The van der Waals surface area contributed by atoms with Crippen LogP contribution in [0.4, 0.5) is 0 Å². The highest BCUT2D eigenvalue weighted by atomic mass is 16.7. The molecule has 0 radical (unpaired) electrons. The summed E-state index contributed by atoms with van der Waals surface area (Å²) in [5.41, 5.74) is 0. The fourth-order valence-corrected chi connectivity index (χ4v) is 9.53. The third-order valence-electron chi connectivity index (χ3n) is 14.5. The van der Waals surface area contributed by atoms with E-state index in [4.69, 9.17) is 9.47 Å². The van der Waals surface area contributed by atoms with Crippen LogP contribution in [0.1, 0.15) is 264 Å². The third kappa shape index (κ3) is 44.0. The molecule has 7 unspecified atom stereocenters. The molecule has 0 aliphatic carbocycles. The summed E-state index contributed by atoms with van der Waals surface area (Å²) >= 11 is 0.